The van der Waals surface area contributed by atoms with Gasteiger partial charge in [0.2, 0.25) is 0 Å². The highest BCUT2D eigenvalue weighted by molar-refractivity contribution is 5.87. The molecule has 0 spiro atoms. The molecule has 5 heteroatoms. The summed E-state index contributed by atoms with van der Waals surface area (Å²) in [4.78, 5) is 12.8. The highest BCUT2D eigenvalue weighted by Crippen LogP contribution is 2.18. The van der Waals surface area contributed by atoms with Gasteiger partial charge in [-0.1, -0.05) is 6.07 Å². The van der Waals surface area contributed by atoms with E-state index in [4.69, 9.17) is 9.84 Å². The first-order valence-electron chi connectivity index (χ1n) is 6.37. The third-order valence-electron chi connectivity index (χ3n) is 3.53. The molecule has 1 aromatic rings. The Labute approximate surface area is 111 Å². The Balaban J connectivity index is 2.03. The highest BCUT2D eigenvalue weighted by atomic mass is 19.1. The Morgan fingerprint density at radius 1 is 1.47 bits per heavy atom. The van der Waals surface area contributed by atoms with Crippen LogP contribution in [0.1, 0.15) is 28.8 Å². The zero-order chi connectivity index (χ0) is 13.8. The van der Waals surface area contributed by atoms with Crippen LogP contribution in [-0.2, 0) is 11.3 Å². The molecular formula is C14H18FNO3. The maximum absolute atomic E-state index is 13.8. The maximum atomic E-state index is 13.8. The van der Waals surface area contributed by atoms with Gasteiger partial charge in [0.1, 0.15) is 5.82 Å². The van der Waals surface area contributed by atoms with Crippen molar-refractivity contribution in [2.75, 3.05) is 20.3 Å². The first-order valence-corrected chi connectivity index (χ1v) is 6.37. The summed E-state index contributed by atoms with van der Waals surface area (Å²) in [6.45, 7) is 1.97. The van der Waals surface area contributed by atoms with Crippen molar-refractivity contribution in [3.63, 3.8) is 0 Å². The van der Waals surface area contributed by atoms with Crippen LogP contribution in [0.2, 0.25) is 0 Å². The predicted octanol–water partition coefficient (Wildman–Crippen LogP) is 2.13. The molecule has 1 fully saturated rings. The molecule has 1 aromatic carbocycles. The molecule has 0 saturated carbocycles. The molecule has 1 heterocycles. The Kier molecular flexibility index (Phi) is 4.50. The van der Waals surface area contributed by atoms with E-state index in [9.17, 15) is 9.18 Å². The van der Waals surface area contributed by atoms with Crippen LogP contribution in [0.15, 0.2) is 18.2 Å². The van der Waals surface area contributed by atoms with Crippen molar-refractivity contribution >= 4 is 5.97 Å². The van der Waals surface area contributed by atoms with Gasteiger partial charge in [0, 0.05) is 31.4 Å². The molecule has 4 nitrogen and oxygen atoms in total. The van der Waals surface area contributed by atoms with Crippen molar-refractivity contribution in [1.29, 1.82) is 0 Å². The van der Waals surface area contributed by atoms with Gasteiger partial charge in [0.05, 0.1) is 5.56 Å². The number of ether oxygens (including phenoxy) is 1. The molecule has 104 valence electrons. The fraction of sp³-hybridized carbons (Fsp3) is 0.500. The summed E-state index contributed by atoms with van der Waals surface area (Å²) < 4.78 is 19.1. The number of aromatic carboxylic acids is 1. The van der Waals surface area contributed by atoms with Crippen molar-refractivity contribution in [2.24, 2.45) is 0 Å². The van der Waals surface area contributed by atoms with Crippen LogP contribution < -0.4 is 0 Å². The average molecular weight is 267 g/mol. The van der Waals surface area contributed by atoms with Crippen molar-refractivity contribution in [1.82, 2.24) is 4.90 Å². The molecular weight excluding hydrogens is 249 g/mol. The molecule has 2 rings (SSSR count). The normalized spacial score (nSPS) is 16.8. The second kappa shape index (κ2) is 6.12. The van der Waals surface area contributed by atoms with Crippen molar-refractivity contribution in [3.8, 4) is 0 Å². The lowest BCUT2D eigenvalue weighted by molar-refractivity contribution is 0.0404. The molecule has 1 aliphatic rings. The van der Waals surface area contributed by atoms with Gasteiger partial charge in [-0.05, 0) is 32.0 Å². The molecule has 0 atom stereocenters. The summed E-state index contributed by atoms with van der Waals surface area (Å²) in [5, 5.41) is 8.79. The summed E-state index contributed by atoms with van der Waals surface area (Å²) >= 11 is 0. The first-order chi connectivity index (χ1) is 9.08. The number of benzene rings is 1. The van der Waals surface area contributed by atoms with E-state index in [1.54, 1.807) is 6.07 Å². The molecule has 1 saturated heterocycles. The summed E-state index contributed by atoms with van der Waals surface area (Å²) in [5.41, 5.74) is 0.508. The monoisotopic (exact) mass is 267 g/mol. The van der Waals surface area contributed by atoms with Crippen molar-refractivity contribution in [2.45, 2.75) is 25.4 Å². The number of carboxylic acid groups (broad SMARTS) is 1. The van der Waals surface area contributed by atoms with Gasteiger partial charge in [0.25, 0.3) is 0 Å². The number of carbonyl (C=O) groups is 1. The number of halogens is 1. The number of hydrogen-bond donors (Lipinski definition) is 1. The zero-order valence-electron chi connectivity index (χ0n) is 10.9. The third kappa shape index (κ3) is 3.52. The van der Waals surface area contributed by atoms with Gasteiger partial charge >= 0.3 is 5.97 Å². The number of rotatable bonds is 4. The number of hydrogen-bond acceptors (Lipinski definition) is 3. The second-order valence-electron chi connectivity index (χ2n) is 4.87. The zero-order valence-corrected chi connectivity index (χ0v) is 10.9. The van der Waals surface area contributed by atoms with Gasteiger partial charge in [-0.3, -0.25) is 4.90 Å². The van der Waals surface area contributed by atoms with E-state index < -0.39 is 11.8 Å². The standard InChI is InChI=1S/C14H18FNO3/c1-16(12-4-6-19-7-5-12)9-11-3-2-10(14(17)18)8-13(11)15/h2-3,8,12H,4-7,9H2,1H3,(H,17,18). The Morgan fingerprint density at radius 2 is 2.16 bits per heavy atom. The molecule has 19 heavy (non-hydrogen) atoms. The van der Waals surface area contributed by atoms with Gasteiger partial charge in [-0.25, -0.2) is 9.18 Å². The summed E-state index contributed by atoms with van der Waals surface area (Å²) in [6, 6.07) is 4.47. The molecule has 0 aliphatic carbocycles. The SMILES string of the molecule is CN(Cc1ccc(C(=O)O)cc1F)C1CCOCC1. The van der Waals surface area contributed by atoms with E-state index in [0.29, 0.717) is 18.2 Å². The van der Waals surface area contributed by atoms with Crippen LogP contribution in [0.25, 0.3) is 0 Å². The smallest absolute Gasteiger partial charge is 0.335 e. The van der Waals surface area contributed by atoms with Gasteiger partial charge in [0.15, 0.2) is 0 Å². The van der Waals surface area contributed by atoms with Gasteiger partial charge in [-0.15, -0.1) is 0 Å². The average Bonchev–Trinajstić information content (AvgIpc) is 2.41. The van der Waals surface area contributed by atoms with E-state index in [2.05, 4.69) is 4.90 Å². The summed E-state index contributed by atoms with van der Waals surface area (Å²) in [5.74, 6) is -1.57. The fourth-order valence-electron chi connectivity index (χ4n) is 2.33. The van der Waals surface area contributed by atoms with Crippen LogP contribution in [0, 0.1) is 5.82 Å². The second-order valence-corrected chi connectivity index (χ2v) is 4.87. The molecule has 1 aliphatic heterocycles. The summed E-state index contributed by atoms with van der Waals surface area (Å²) in [7, 11) is 1.96. The molecule has 0 bridgehead atoms. The van der Waals surface area contributed by atoms with Crippen LogP contribution in [0.3, 0.4) is 0 Å². The highest BCUT2D eigenvalue weighted by Gasteiger charge is 2.19. The third-order valence-corrected chi connectivity index (χ3v) is 3.53. The van der Waals surface area contributed by atoms with E-state index in [1.807, 2.05) is 7.05 Å². The molecule has 0 amide bonds. The van der Waals surface area contributed by atoms with E-state index in [1.165, 1.54) is 6.07 Å². The fourth-order valence-corrected chi connectivity index (χ4v) is 2.33. The lowest BCUT2D eigenvalue weighted by atomic mass is 10.1. The van der Waals surface area contributed by atoms with E-state index >= 15 is 0 Å². The van der Waals surface area contributed by atoms with Gasteiger partial charge < -0.3 is 9.84 Å². The first kappa shape index (κ1) is 14.0. The van der Waals surface area contributed by atoms with Crippen LogP contribution in [0.5, 0.6) is 0 Å². The number of nitrogens with zero attached hydrogens (tertiary/aromatic N) is 1. The maximum Gasteiger partial charge on any atom is 0.335 e. The predicted molar refractivity (Wildman–Crippen MR) is 68.7 cm³/mol. The molecule has 1 N–H and O–H groups in total. The Bertz CT molecular complexity index is 458. The minimum Gasteiger partial charge on any atom is -0.478 e. The van der Waals surface area contributed by atoms with Crippen LogP contribution >= 0.6 is 0 Å². The number of carboxylic acids is 1. The van der Waals surface area contributed by atoms with Crippen molar-refractivity contribution in [3.05, 3.63) is 35.1 Å². The summed E-state index contributed by atoms with van der Waals surface area (Å²) in [6.07, 6.45) is 1.90. The Morgan fingerprint density at radius 3 is 2.74 bits per heavy atom. The molecule has 0 aromatic heterocycles. The topological polar surface area (TPSA) is 49.8 Å². The quantitative estimate of drug-likeness (QED) is 0.908. The lowest BCUT2D eigenvalue weighted by Gasteiger charge is -2.31. The van der Waals surface area contributed by atoms with Gasteiger partial charge in [-0.2, -0.15) is 0 Å². The minimum absolute atomic E-state index is 0.0185. The largest absolute Gasteiger partial charge is 0.478 e. The van der Waals surface area contributed by atoms with Crippen LogP contribution in [-0.4, -0.2) is 42.3 Å². The lowest BCUT2D eigenvalue weighted by Crippen LogP contribution is -2.36. The Hall–Kier alpha value is -1.46. The van der Waals surface area contributed by atoms with E-state index in [0.717, 1.165) is 32.1 Å². The van der Waals surface area contributed by atoms with Crippen molar-refractivity contribution < 1.29 is 19.0 Å². The molecule has 0 radical (unpaired) electrons. The van der Waals surface area contributed by atoms with Crippen LogP contribution in [0.4, 0.5) is 4.39 Å². The molecule has 0 unspecified atom stereocenters. The van der Waals surface area contributed by atoms with E-state index in [-0.39, 0.29) is 5.56 Å². The minimum atomic E-state index is -1.11.